The number of aromatic nitrogens is 1. The molecule has 0 N–H and O–H groups in total. The zero-order valence-electron chi connectivity index (χ0n) is 18.1. The van der Waals surface area contributed by atoms with Crippen LogP contribution >= 0.6 is 0 Å². The molecule has 0 fully saturated rings. The summed E-state index contributed by atoms with van der Waals surface area (Å²) in [6.45, 7) is 17.1. The highest BCUT2D eigenvalue weighted by atomic mass is 19.2. The number of hydrogen-bond donors (Lipinski definition) is 0. The normalized spacial score (nSPS) is 11.4. The number of aryl methyl sites for hydroxylation is 1. The van der Waals surface area contributed by atoms with Gasteiger partial charge in [-0.1, -0.05) is 56.2 Å². The summed E-state index contributed by atoms with van der Waals surface area (Å²) in [5.41, 5.74) is 2.24. The average Bonchev–Trinajstić information content (AvgIpc) is 2.79. The van der Waals surface area contributed by atoms with Gasteiger partial charge in [0, 0.05) is 11.8 Å². The first kappa shape index (κ1) is 24.7. The van der Waals surface area contributed by atoms with Crippen molar-refractivity contribution in [2.45, 2.75) is 19.8 Å². The summed E-state index contributed by atoms with van der Waals surface area (Å²) in [7, 11) is 0. The quantitative estimate of drug-likeness (QED) is 0.267. The van der Waals surface area contributed by atoms with Gasteiger partial charge in [-0.15, -0.1) is 0 Å². The van der Waals surface area contributed by atoms with Gasteiger partial charge in [0.1, 0.15) is 5.76 Å². The molecule has 0 aliphatic heterocycles. The lowest BCUT2D eigenvalue weighted by Crippen LogP contribution is -1.98. The summed E-state index contributed by atoms with van der Waals surface area (Å²) in [4.78, 5) is 4.06. The number of ether oxygens (including phenoxy) is 1. The lowest BCUT2D eigenvalue weighted by Gasteiger charge is -2.09. The van der Waals surface area contributed by atoms with Crippen molar-refractivity contribution < 1.29 is 17.9 Å². The minimum Gasteiger partial charge on any atom is -0.491 e. The van der Waals surface area contributed by atoms with E-state index in [9.17, 15) is 13.2 Å². The van der Waals surface area contributed by atoms with Crippen LogP contribution in [0, 0.1) is 11.6 Å². The molecule has 1 aromatic heterocycles. The van der Waals surface area contributed by atoms with Gasteiger partial charge in [0.15, 0.2) is 17.5 Å². The van der Waals surface area contributed by atoms with Crippen molar-refractivity contribution >= 4 is 0 Å². The third-order valence-electron chi connectivity index (χ3n) is 4.64. The summed E-state index contributed by atoms with van der Waals surface area (Å²) >= 11 is 0. The maximum atomic E-state index is 14.5. The van der Waals surface area contributed by atoms with E-state index < -0.39 is 17.5 Å². The first-order chi connectivity index (χ1) is 15.2. The fourth-order valence-corrected chi connectivity index (χ4v) is 2.78. The highest BCUT2D eigenvalue weighted by Gasteiger charge is 2.15. The van der Waals surface area contributed by atoms with Crippen molar-refractivity contribution in [3.63, 3.8) is 0 Å². The van der Waals surface area contributed by atoms with Crippen LogP contribution in [0.2, 0.25) is 0 Å². The first-order valence-corrected chi connectivity index (χ1v) is 10.1. The number of pyridine rings is 1. The molecule has 1 aromatic carbocycles. The Hall–Kier alpha value is -3.60. The van der Waals surface area contributed by atoms with Gasteiger partial charge in [0.25, 0.3) is 0 Å². The topological polar surface area (TPSA) is 22.1 Å². The van der Waals surface area contributed by atoms with E-state index in [1.54, 1.807) is 43.3 Å². The van der Waals surface area contributed by atoms with Crippen LogP contribution in [0.1, 0.15) is 18.9 Å². The molecule has 0 saturated carbocycles. The van der Waals surface area contributed by atoms with Gasteiger partial charge >= 0.3 is 0 Å². The predicted octanol–water partition coefficient (Wildman–Crippen LogP) is 7.59. The molecule has 0 aliphatic rings. The summed E-state index contributed by atoms with van der Waals surface area (Å²) in [6.07, 6.45) is 6.71. The van der Waals surface area contributed by atoms with Gasteiger partial charge in [0.05, 0.1) is 12.3 Å². The second kappa shape index (κ2) is 11.7. The van der Waals surface area contributed by atoms with E-state index in [4.69, 9.17) is 4.74 Å². The summed E-state index contributed by atoms with van der Waals surface area (Å²) in [5.74, 6) is -2.51. The van der Waals surface area contributed by atoms with Gasteiger partial charge in [-0.25, -0.2) is 13.2 Å². The van der Waals surface area contributed by atoms with E-state index in [2.05, 4.69) is 31.3 Å². The molecule has 0 bridgehead atoms. The molecule has 2 aromatic rings. The molecule has 0 saturated heterocycles. The Balaban J connectivity index is 1.98. The fraction of sp³-hybridized carbons (Fsp3) is 0.148. The van der Waals surface area contributed by atoms with E-state index in [1.807, 2.05) is 0 Å². The van der Waals surface area contributed by atoms with Crippen molar-refractivity contribution in [2.24, 2.45) is 0 Å². The number of allylic oxidation sites excluding steroid dienone is 7. The third kappa shape index (κ3) is 6.71. The molecular formula is C27H26F3NO. The van der Waals surface area contributed by atoms with E-state index >= 15 is 0 Å². The zero-order chi connectivity index (χ0) is 23.7. The monoisotopic (exact) mass is 437 g/mol. The van der Waals surface area contributed by atoms with Gasteiger partial charge in [-0.2, -0.15) is 0 Å². The number of nitrogens with zero attached hydrogens (tertiary/aromatic N) is 1. The van der Waals surface area contributed by atoms with Crippen molar-refractivity contribution in [3.8, 4) is 11.3 Å². The minimum absolute atomic E-state index is 0.0711. The molecule has 0 radical (unpaired) electrons. The molecule has 166 valence electrons. The standard InChI is InChI=1S/C27H26F3NO/c1-6-32-21(5)24(28)17-20(4)19(3)12-10-18(2)11-13-22-14-15-23(27(30)26(22)29)25-9-7-8-16-31-25/h7-10,12,14-17H,2-6,11,13H2,1H3/b12-10-,24-17+. The molecule has 0 unspecified atom stereocenters. The van der Waals surface area contributed by atoms with E-state index in [0.29, 0.717) is 35.4 Å². The van der Waals surface area contributed by atoms with Gasteiger partial charge in [-0.3, -0.25) is 4.98 Å². The van der Waals surface area contributed by atoms with Crippen LogP contribution in [-0.2, 0) is 11.2 Å². The van der Waals surface area contributed by atoms with Crippen LogP contribution in [0.3, 0.4) is 0 Å². The second-order valence-electron chi connectivity index (χ2n) is 7.01. The third-order valence-corrected chi connectivity index (χ3v) is 4.64. The Bertz CT molecular complexity index is 1080. The number of rotatable bonds is 11. The average molecular weight is 438 g/mol. The molecule has 2 rings (SSSR count). The zero-order valence-corrected chi connectivity index (χ0v) is 18.1. The van der Waals surface area contributed by atoms with Gasteiger partial charge in [0.2, 0.25) is 0 Å². The van der Waals surface area contributed by atoms with Gasteiger partial charge < -0.3 is 4.74 Å². The number of halogens is 3. The van der Waals surface area contributed by atoms with Crippen molar-refractivity contribution in [3.05, 3.63) is 127 Å². The van der Waals surface area contributed by atoms with Crippen molar-refractivity contribution in [2.75, 3.05) is 6.61 Å². The van der Waals surface area contributed by atoms with E-state index in [0.717, 1.165) is 0 Å². The van der Waals surface area contributed by atoms with Crippen molar-refractivity contribution in [1.82, 2.24) is 4.98 Å². The van der Waals surface area contributed by atoms with Crippen LogP contribution < -0.4 is 0 Å². The smallest absolute Gasteiger partial charge is 0.168 e. The maximum absolute atomic E-state index is 14.5. The second-order valence-corrected chi connectivity index (χ2v) is 7.01. The molecule has 0 aliphatic carbocycles. The summed E-state index contributed by atoms with van der Waals surface area (Å²) < 4.78 is 48.0. The molecule has 2 nitrogen and oxygen atoms in total. The number of hydrogen-bond acceptors (Lipinski definition) is 2. The molecule has 0 atom stereocenters. The largest absolute Gasteiger partial charge is 0.491 e. The molecule has 0 amide bonds. The maximum Gasteiger partial charge on any atom is 0.168 e. The Morgan fingerprint density at radius 1 is 1.00 bits per heavy atom. The predicted molar refractivity (Wildman–Crippen MR) is 124 cm³/mol. The van der Waals surface area contributed by atoms with Crippen LogP contribution in [0.25, 0.3) is 11.3 Å². The van der Waals surface area contributed by atoms with Crippen LogP contribution in [0.15, 0.2) is 109 Å². The molecular weight excluding hydrogens is 411 g/mol. The lowest BCUT2D eigenvalue weighted by molar-refractivity contribution is 0.226. The minimum atomic E-state index is -0.922. The first-order valence-electron chi connectivity index (χ1n) is 10.1. The summed E-state index contributed by atoms with van der Waals surface area (Å²) in [5, 5.41) is 0. The van der Waals surface area contributed by atoms with E-state index in [-0.39, 0.29) is 23.3 Å². The Kier molecular flexibility index (Phi) is 9.02. The van der Waals surface area contributed by atoms with Crippen LogP contribution in [-0.4, -0.2) is 11.6 Å². The van der Waals surface area contributed by atoms with Crippen LogP contribution in [0.5, 0.6) is 0 Å². The Morgan fingerprint density at radius 3 is 2.41 bits per heavy atom. The van der Waals surface area contributed by atoms with Gasteiger partial charge in [-0.05, 0) is 60.8 Å². The molecule has 0 spiro atoms. The Morgan fingerprint density at radius 2 is 1.75 bits per heavy atom. The highest BCUT2D eigenvalue weighted by Crippen LogP contribution is 2.26. The highest BCUT2D eigenvalue weighted by molar-refractivity contribution is 5.60. The molecule has 1 heterocycles. The van der Waals surface area contributed by atoms with Crippen LogP contribution in [0.4, 0.5) is 13.2 Å². The van der Waals surface area contributed by atoms with Crippen molar-refractivity contribution in [1.29, 1.82) is 0 Å². The summed E-state index contributed by atoms with van der Waals surface area (Å²) in [6, 6.07) is 8.13. The fourth-order valence-electron chi connectivity index (χ4n) is 2.78. The van der Waals surface area contributed by atoms with E-state index in [1.165, 1.54) is 18.3 Å². The lowest BCUT2D eigenvalue weighted by atomic mass is 10.0. The Labute approximate surface area is 187 Å². The SMILES string of the molecule is C=C(/C=C\C(=C)C(=C)/C=C(/F)C(=C)OCC)CCc1ccc(-c2ccccn2)c(F)c1F. The molecule has 5 heteroatoms. The number of benzene rings is 1. The molecule has 32 heavy (non-hydrogen) atoms.